The van der Waals surface area contributed by atoms with Gasteiger partial charge in [-0.3, -0.25) is 11.3 Å². The van der Waals surface area contributed by atoms with E-state index in [9.17, 15) is 0 Å². The lowest BCUT2D eigenvalue weighted by molar-refractivity contribution is 0.413. The second-order valence-electron chi connectivity index (χ2n) is 4.99. The van der Waals surface area contributed by atoms with E-state index in [0.29, 0.717) is 0 Å². The molecule has 0 aliphatic carbocycles. The Kier molecular flexibility index (Phi) is 5.20. The summed E-state index contributed by atoms with van der Waals surface area (Å²) in [5.74, 6) is 7.46. The van der Waals surface area contributed by atoms with E-state index in [-0.39, 0.29) is 6.04 Å². The summed E-state index contributed by atoms with van der Waals surface area (Å²) in [5.41, 5.74) is 6.44. The van der Waals surface area contributed by atoms with Gasteiger partial charge in [-0.15, -0.1) is 0 Å². The van der Waals surface area contributed by atoms with Crippen molar-refractivity contribution < 1.29 is 9.47 Å². The largest absolute Gasteiger partial charge is 0.497 e. The van der Waals surface area contributed by atoms with Crippen molar-refractivity contribution in [3.63, 3.8) is 0 Å². The van der Waals surface area contributed by atoms with Crippen molar-refractivity contribution >= 4 is 0 Å². The van der Waals surface area contributed by atoms with Crippen molar-refractivity contribution in [1.82, 2.24) is 5.43 Å². The maximum absolute atomic E-state index is 5.74. The molecule has 0 bridgehead atoms. The molecule has 21 heavy (non-hydrogen) atoms. The molecule has 0 aliphatic heterocycles. The molecule has 1 unspecified atom stereocenters. The van der Waals surface area contributed by atoms with Gasteiger partial charge in [-0.1, -0.05) is 18.2 Å². The van der Waals surface area contributed by atoms with Crippen molar-refractivity contribution in [3.8, 4) is 11.5 Å². The molecular weight excluding hydrogens is 264 g/mol. The van der Waals surface area contributed by atoms with Gasteiger partial charge in [0.2, 0.25) is 0 Å². The fourth-order valence-electron chi connectivity index (χ4n) is 2.42. The summed E-state index contributed by atoms with van der Waals surface area (Å²) in [5, 5.41) is 0. The number of methoxy groups -OCH3 is 2. The van der Waals surface area contributed by atoms with Gasteiger partial charge in [0.15, 0.2) is 0 Å². The highest BCUT2D eigenvalue weighted by molar-refractivity contribution is 5.38. The molecule has 4 heteroatoms. The van der Waals surface area contributed by atoms with Crippen LogP contribution in [0.2, 0.25) is 0 Å². The second-order valence-corrected chi connectivity index (χ2v) is 4.99. The smallest absolute Gasteiger partial charge is 0.119 e. The number of hydrogen-bond donors (Lipinski definition) is 2. The van der Waals surface area contributed by atoms with Crippen molar-refractivity contribution in [2.24, 2.45) is 5.84 Å². The summed E-state index contributed by atoms with van der Waals surface area (Å²) in [6, 6.07) is 14.1. The van der Waals surface area contributed by atoms with E-state index >= 15 is 0 Å². The minimum absolute atomic E-state index is 0.0595. The molecule has 4 nitrogen and oxygen atoms in total. The van der Waals surface area contributed by atoms with Gasteiger partial charge in [0.1, 0.15) is 11.5 Å². The molecule has 0 spiro atoms. The number of benzene rings is 2. The molecule has 0 saturated carbocycles. The van der Waals surface area contributed by atoms with E-state index in [1.54, 1.807) is 14.2 Å². The minimum atomic E-state index is 0.0595. The van der Waals surface area contributed by atoms with Gasteiger partial charge in [0.05, 0.1) is 20.3 Å². The highest BCUT2D eigenvalue weighted by Crippen LogP contribution is 2.25. The van der Waals surface area contributed by atoms with Crippen molar-refractivity contribution in [2.75, 3.05) is 14.2 Å². The molecule has 112 valence electrons. The average Bonchev–Trinajstić information content (AvgIpc) is 2.53. The number of nitrogens with one attached hydrogen (secondary N) is 1. The SMILES string of the molecule is COc1ccc(CC(NN)c2ccc(OC)cc2C)cc1. The van der Waals surface area contributed by atoms with Gasteiger partial charge in [-0.05, 0) is 54.3 Å². The Bertz CT molecular complexity index is 582. The van der Waals surface area contributed by atoms with Gasteiger partial charge >= 0.3 is 0 Å². The van der Waals surface area contributed by atoms with Gasteiger partial charge in [0.25, 0.3) is 0 Å². The topological polar surface area (TPSA) is 56.5 Å². The van der Waals surface area contributed by atoms with Crippen LogP contribution >= 0.6 is 0 Å². The van der Waals surface area contributed by atoms with Crippen LogP contribution in [-0.4, -0.2) is 14.2 Å². The molecule has 0 aliphatic rings. The average molecular weight is 286 g/mol. The summed E-state index contributed by atoms with van der Waals surface area (Å²) >= 11 is 0. The Labute approximate surface area is 125 Å². The van der Waals surface area contributed by atoms with Gasteiger partial charge < -0.3 is 9.47 Å². The number of nitrogens with two attached hydrogens (primary N) is 1. The Morgan fingerprint density at radius 2 is 1.62 bits per heavy atom. The summed E-state index contributed by atoms with van der Waals surface area (Å²) in [6.45, 7) is 2.07. The molecule has 2 aromatic carbocycles. The second kappa shape index (κ2) is 7.11. The first-order valence-corrected chi connectivity index (χ1v) is 6.91. The van der Waals surface area contributed by atoms with Gasteiger partial charge in [-0.2, -0.15) is 0 Å². The maximum Gasteiger partial charge on any atom is 0.119 e. The quantitative estimate of drug-likeness (QED) is 0.633. The van der Waals surface area contributed by atoms with Crippen LogP contribution in [0.15, 0.2) is 42.5 Å². The van der Waals surface area contributed by atoms with E-state index in [4.69, 9.17) is 15.3 Å². The van der Waals surface area contributed by atoms with E-state index < -0.39 is 0 Å². The minimum Gasteiger partial charge on any atom is -0.497 e. The van der Waals surface area contributed by atoms with Crippen molar-refractivity contribution in [3.05, 3.63) is 59.2 Å². The van der Waals surface area contributed by atoms with Crippen molar-refractivity contribution in [2.45, 2.75) is 19.4 Å². The molecule has 0 fully saturated rings. The third-order valence-corrected chi connectivity index (χ3v) is 3.65. The first-order chi connectivity index (χ1) is 10.2. The molecule has 0 amide bonds. The molecule has 1 atom stereocenters. The van der Waals surface area contributed by atoms with Gasteiger partial charge in [0, 0.05) is 0 Å². The molecule has 0 saturated heterocycles. The number of hydrazine groups is 1. The number of rotatable bonds is 6. The summed E-state index contributed by atoms with van der Waals surface area (Å²) in [7, 11) is 3.34. The molecule has 2 aromatic rings. The fourth-order valence-corrected chi connectivity index (χ4v) is 2.42. The summed E-state index contributed by atoms with van der Waals surface area (Å²) in [4.78, 5) is 0. The first-order valence-electron chi connectivity index (χ1n) is 6.91. The van der Waals surface area contributed by atoms with Crippen LogP contribution in [0.25, 0.3) is 0 Å². The Balaban J connectivity index is 2.18. The zero-order chi connectivity index (χ0) is 15.2. The fraction of sp³-hybridized carbons (Fsp3) is 0.294. The summed E-state index contributed by atoms with van der Waals surface area (Å²) < 4.78 is 10.4. The lowest BCUT2D eigenvalue weighted by atomic mass is 9.95. The number of ether oxygens (including phenoxy) is 2. The van der Waals surface area contributed by atoms with Crippen LogP contribution in [0.3, 0.4) is 0 Å². The Hall–Kier alpha value is -2.04. The third kappa shape index (κ3) is 3.74. The highest BCUT2D eigenvalue weighted by Gasteiger charge is 2.13. The van der Waals surface area contributed by atoms with E-state index in [1.165, 1.54) is 11.1 Å². The predicted octanol–water partition coefficient (Wildman–Crippen LogP) is 2.76. The maximum atomic E-state index is 5.74. The molecular formula is C17H22N2O2. The third-order valence-electron chi connectivity index (χ3n) is 3.65. The Morgan fingerprint density at radius 3 is 2.14 bits per heavy atom. The van der Waals surface area contributed by atoms with E-state index in [2.05, 4.69) is 30.5 Å². The highest BCUT2D eigenvalue weighted by atomic mass is 16.5. The van der Waals surface area contributed by atoms with E-state index in [0.717, 1.165) is 23.5 Å². The molecule has 0 aromatic heterocycles. The van der Waals surface area contributed by atoms with Crippen LogP contribution in [0.4, 0.5) is 0 Å². The zero-order valence-electron chi connectivity index (χ0n) is 12.7. The van der Waals surface area contributed by atoms with Gasteiger partial charge in [-0.25, -0.2) is 0 Å². The normalized spacial score (nSPS) is 12.0. The number of aryl methyl sites for hydroxylation is 1. The molecule has 3 N–H and O–H groups in total. The monoisotopic (exact) mass is 286 g/mol. The standard InChI is InChI=1S/C17H22N2O2/c1-12-10-15(21-3)8-9-16(12)17(19-18)11-13-4-6-14(20-2)7-5-13/h4-10,17,19H,11,18H2,1-3H3. The molecule has 0 heterocycles. The van der Waals surface area contributed by atoms with Crippen LogP contribution in [-0.2, 0) is 6.42 Å². The number of hydrogen-bond acceptors (Lipinski definition) is 4. The zero-order valence-corrected chi connectivity index (χ0v) is 12.7. The van der Waals surface area contributed by atoms with Crippen LogP contribution in [0, 0.1) is 6.92 Å². The predicted molar refractivity (Wildman–Crippen MR) is 84.5 cm³/mol. The van der Waals surface area contributed by atoms with Crippen LogP contribution in [0.5, 0.6) is 11.5 Å². The molecule has 2 rings (SSSR count). The lowest BCUT2D eigenvalue weighted by Gasteiger charge is -2.19. The van der Waals surface area contributed by atoms with Crippen molar-refractivity contribution in [1.29, 1.82) is 0 Å². The molecule has 0 radical (unpaired) electrons. The Morgan fingerprint density at radius 1 is 1.00 bits per heavy atom. The lowest BCUT2D eigenvalue weighted by Crippen LogP contribution is -2.30. The van der Waals surface area contributed by atoms with Crippen LogP contribution in [0.1, 0.15) is 22.7 Å². The van der Waals surface area contributed by atoms with Crippen LogP contribution < -0.4 is 20.7 Å². The van der Waals surface area contributed by atoms with E-state index in [1.807, 2.05) is 24.3 Å². The summed E-state index contributed by atoms with van der Waals surface area (Å²) in [6.07, 6.45) is 0.813. The first kappa shape index (κ1) is 15.4.